The molecule has 6 heteroatoms. The topological polar surface area (TPSA) is 54.3 Å². The number of allylic oxidation sites excluding steroid dienone is 1. The fourth-order valence-electron chi connectivity index (χ4n) is 1.20. The highest BCUT2D eigenvalue weighted by Crippen LogP contribution is 2.19. The maximum Gasteiger partial charge on any atom is 0.314 e. The minimum absolute atomic E-state index is 0.0134. The number of amides is 1. The van der Waals surface area contributed by atoms with E-state index in [9.17, 15) is 4.79 Å². The van der Waals surface area contributed by atoms with E-state index in [0.717, 1.165) is 0 Å². The van der Waals surface area contributed by atoms with Gasteiger partial charge in [0.1, 0.15) is 5.70 Å². The van der Waals surface area contributed by atoms with Crippen molar-refractivity contribution in [3.63, 3.8) is 0 Å². The summed E-state index contributed by atoms with van der Waals surface area (Å²) in [7, 11) is 2.94. The minimum Gasteiger partial charge on any atom is -0.477 e. The van der Waals surface area contributed by atoms with Crippen molar-refractivity contribution in [2.45, 2.75) is 6.92 Å². The molecule has 0 atom stereocenters. The Hall–Kier alpha value is -1.62. The molecule has 0 saturated carbocycles. The van der Waals surface area contributed by atoms with Gasteiger partial charge in [-0.1, -0.05) is 18.2 Å². The molecule has 0 radical (unpaired) electrons. The second kappa shape index (κ2) is 4.94. The zero-order valence-corrected chi connectivity index (χ0v) is 10.1. The van der Waals surface area contributed by atoms with Crippen LogP contribution in [0.2, 0.25) is 0 Å². The Bertz CT molecular complexity index is 420. The van der Waals surface area contributed by atoms with E-state index in [1.54, 1.807) is 14.0 Å². The maximum absolute atomic E-state index is 11.7. The first-order chi connectivity index (χ1) is 7.52. The number of methoxy groups -OCH3 is 1. The van der Waals surface area contributed by atoms with E-state index in [-0.39, 0.29) is 11.8 Å². The molecule has 1 amide bonds. The number of hydrogen-bond acceptors (Lipinski definition) is 4. The number of ether oxygens (including phenoxy) is 1. The monoisotopic (exact) mass is 241 g/mol. The Morgan fingerprint density at radius 2 is 2.31 bits per heavy atom. The van der Waals surface area contributed by atoms with Gasteiger partial charge in [-0.25, -0.2) is 9.98 Å². The molecule has 0 saturated heterocycles. The van der Waals surface area contributed by atoms with Gasteiger partial charge in [0, 0.05) is 18.3 Å². The van der Waals surface area contributed by atoms with E-state index in [4.69, 9.17) is 16.3 Å². The Balaban J connectivity index is 3.39. The zero-order valence-electron chi connectivity index (χ0n) is 9.32. The van der Waals surface area contributed by atoms with E-state index in [1.807, 2.05) is 0 Å². The molecule has 0 spiro atoms. The molecule has 0 aliphatic carbocycles. The lowest BCUT2D eigenvalue weighted by atomic mass is 10.3. The number of carbonyl (C=O) groups is 1. The van der Waals surface area contributed by atoms with Crippen LogP contribution in [0.25, 0.3) is 0 Å². The van der Waals surface area contributed by atoms with E-state index < -0.39 is 0 Å². The third-order valence-electron chi connectivity index (χ3n) is 1.96. The number of aliphatic imine (C=N–C) groups is 2. The summed E-state index contributed by atoms with van der Waals surface area (Å²) in [4.78, 5) is 21.0. The van der Waals surface area contributed by atoms with Gasteiger partial charge in [-0.2, -0.15) is 0 Å². The Labute approximate surface area is 98.8 Å². The van der Waals surface area contributed by atoms with Crippen molar-refractivity contribution in [3.05, 3.63) is 23.5 Å². The van der Waals surface area contributed by atoms with Gasteiger partial charge >= 0.3 is 5.91 Å². The van der Waals surface area contributed by atoms with Gasteiger partial charge in [-0.05, 0) is 6.92 Å². The largest absolute Gasteiger partial charge is 0.477 e. The Kier molecular flexibility index (Phi) is 3.84. The average Bonchev–Trinajstić information content (AvgIpc) is 2.25. The first kappa shape index (κ1) is 12.4. The maximum atomic E-state index is 11.7. The van der Waals surface area contributed by atoms with E-state index in [2.05, 4.69) is 16.6 Å². The number of hydrogen-bond donors (Lipinski definition) is 0. The first-order valence-electron chi connectivity index (χ1n) is 4.49. The van der Waals surface area contributed by atoms with Crippen LogP contribution in [-0.2, 0) is 9.53 Å². The SMILES string of the molecule is C=CN=C1/C(=C(\C)Cl)N=C(OC)C(=O)N1C. The first-order valence-corrected chi connectivity index (χ1v) is 4.87. The van der Waals surface area contributed by atoms with Crippen LogP contribution in [0.1, 0.15) is 6.92 Å². The number of halogens is 1. The van der Waals surface area contributed by atoms with Crippen LogP contribution in [0.4, 0.5) is 0 Å². The summed E-state index contributed by atoms with van der Waals surface area (Å²) in [6.45, 7) is 5.14. The van der Waals surface area contributed by atoms with Crippen molar-refractivity contribution in [1.82, 2.24) is 4.90 Å². The van der Waals surface area contributed by atoms with E-state index in [1.165, 1.54) is 18.2 Å². The standard InChI is InChI=1S/C10H12ClN3O2/c1-5-12-8-7(6(2)11)13-9(16-4)10(15)14(8)3/h5H,1H2,2-4H3/b7-6-,12-8?. The van der Waals surface area contributed by atoms with Crippen LogP contribution in [0.15, 0.2) is 33.5 Å². The lowest BCUT2D eigenvalue weighted by Crippen LogP contribution is -2.43. The fourth-order valence-corrected chi connectivity index (χ4v) is 1.32. The summed E-state index contributed by atoms with van der Waals surface area (Å²) in [5.74, 6) is -0.0291. The fraction of sp³-hybridized carbons (Fsp3) is 0.300. The highest BCUT2D eigenvalue weighted by molar-refractivity contribution is 6.43. The molecule has 1 aliphatic heterocycles. The predicted octanol–water partition coefficient (Wildman–Crippen LogP) is 1.52. The minimum atomic E-state index is -0.371. The summed E-state index contributed by atoms with van der Waals surface area (Å²) in [6.07, 6.45) is 1.33. The van der Waals surface area contributed by atoms with E-state index >= 15 is 0 Å². The van der Waals surface area contributed by atoms with Gasteiger partial charge < -0.3 is 4.74 Å². The number of likely N-dealkylation sites (N-methyl/N-ethyl adjacent to an activating group) is 1. The summed E-state index contributed by atoms with van der Waals surface area (Å²) >= 11 is 5.89. The predicted molar refractivity (Wildman–Crippen MR) is 63.4 cm³/mol. The summed E-state index contributed by atoms with van der Waals surface area (Å²) in [5.41, 5.74) is 0.403. The number of rotatable bonds is 1. The molecule has 0 aromatic carbocycles. The van der Waals surface area contributed by atoms with Crippen LogP contribution in [-0.4, -0.2) is 36.7 Å². The molecule has 1 heterocycles. The smallest absolute Gasteiger partial charge is 0.314 e. The normalized spacial score (nSPS) is 22.0. The average molecular weight is 242 g/mol. The van der Waals surface area contributed by atoms with Gasteiger partial charge in [0.05, 0.1) is 7.11 Å². The van der Waals surface area contributed by atoms with Crippen molar-refractivity contribution in [2.24, 2.45) is 9.98 Å². The van der Waals surface area contributed by atoms with Crippen molar-refractivity contribution in [1.29, 1.82) is 0 Å². The Morgan fingerprint density at radius 1 is 1.69 bits per heavy atom. The second-order valence-electron chi connectivity index (χ2n) is 3.00. The molecule has 86 valence electrons. The van der Waals surface area contributed by atoms with Gasteiger partial charge in [-0.3, -0.25) is 9.69 Å². The molecule has 0 unspecified atom stereocenters. The lowest BCUT2D eigenvalue weighted by Gasteiger charge is -2.24. The molecule has 5 nitrogen and oxygen atoms in total. The van der Waals surface area contributed by atoms with Gasteiger partial charge in [-0.15, -0.1) is 0 Å². The van der Waals surface area contributed by atoms with E-state index in [0.29, 0.717) is 16.6 Å². The number of nitrogens with zero attached hydrogens (tertiary/aromatic N) is 3. The molecular formula is C10H12ClN3O2. The lowest BCUT2D eigenvalue weighted by molar-refractivity contribution is -0.121. The summed E-state index contributed by atoms with van der Waals surface area (Å²) in [5, 5.41) is 0.425. The van der Waals surface area contributed by atoms with Crippen molar-refractivity contribution in [3.8, 4) is 0 Å². The van der Waals surface area contributed by atoms with Gasteiger partial charge in [0.25, 0.3) is 5.90 Å². The molecule has 0 bridgehead atoms. The summed E-state index contributed by atoms with van der Waals surface area (Å²) < 4.78 is 4.87. The van der Waals surface area contributed by atoms with Crippen molar-refractivity contribution >= 4 is 29.2 Å². The summed E-state index contributed by atoms with van der Waals surface area (Å²) in [6, 6.07) is 0. The third-order valence-corrected chi connectivity index (χ3v) is 2.14. The van der Waals surface area contributed by atoms with Gasteiger partial charge in [0.2, 0.25) is 0 Å². The van der Waals surface area contributed by atoms with Crippen LogP contribution in [0.3, 0.4) is 0 Å². The van der Waals surface area contributed by atoms with Crippen molar-refractivity contribution < 1.29 is 9.53 Å². The molecule has 0 N–H and O–H groups in total. The number of amidine groups is 1. The van der Waals surface area contributed by atoms with Gasteiger partial charge in [0.15, 0.2) is 5.84 Å². The zero-order chi connectivity index (χ0) is 12.3. The molecule has 1 aliphatic rings. The second-order valence-corrected chi connectivity index (χ2v) is 3.57. The highest BCUT2D eigenvalue weighted by Gasteiger charge is 2.30. The quantitative estimate of drug-likeness (QED) is 0.699. The van der Waals surface area contributed by atoms with Crippen LogP contribution < -0.4 is 0 Å². The van der Waals surface area contributed by atoms with Crippen LogP contribution in [0, 0.1) is 0 Å². The molecule has 1 rings (SSSR count). The molecule has 0 fully saturated rings. The molecular weight excluding hydrogens is 230 g/mol. The molecule has 0 aromatic heterocycles. The highest BCUT2D eigenvalue weighted by atomic mass is 35.5. The molecule has 16 heavy (non-hydrogen) atoms. The van der Waals surface area contributed by atoms with Crippen LogP contribution >= 0.6 is 11.6 Å². The Morgan fingerprint density at radius 3 is 2.75 bits per heavy atom. The third kappa shape index (κ3) is 2.14. The van der Waals surface area contributed by atoms with Crippen molar-refractivity contribution in [2.75, 3.05) is 14.2 Å². The number of carbonyl (C=O) groups excluding carboxylic acids is 1. The van der Waals surface area contributed by atoms with Crippen LogP contribution in [0.5, 0.6) is 0 Å². The molecule has 0 aromatic rings.